The Labute approximate surface area is 536 Å². The van der Waals surface area contributed by atoms with E-state index < -0.39 is 35.8 Å². The number of primary amides is 1. The van der Waals surface area contributed by atoms with Gasteiger partial charge in [0.2, 0.25) is 23.6 Å². The number of aromatic amines is 2. The molecule has 480 valence electrons. The van der Waals surface area contributed by atoms with Crippen LogP contribution in [0.15, 0.2) is 126 Å². The fourth-order valence-electron chi connectivity index (χ4n) is 11.1. The number of nitrogens with zero attached hydrogens (tertiary/aromatic N) is 8. The summed E-state index contributed by atoms with van der Waals surface area (Å²) in [4.78, 5) is 93.6. The fourth-order valence-corrected chi connectivity index (χ4v) is 11.6. The highest BCUT2D eigenvalue weighted by atomic mass is 79.9. The zero-order valence-corrected chi connectivity index (χ0v) is 53.2. The number of hydrogen-bond acceptors (Lipinski definition) is 15. The van der Waals surface area contributed by atoms with Crippen LogP contribution in [0.2, 0.25) is 0 Å². The van der Waals surface area contributed by atoms with Gasteiger partial charge in [0.25, 0.3) is 5.91 Å². The number of halogens is 1. The van der Waals surface area contributed by atoms with Crippen molar-refractivity contribution in [1.29, 1.82) is 0 Å². The fraction of sp³-hybridized carbons (Fsp3) is 0.400. The van der Waals surface area contributed by atoms with Crippen LogP contribution in [0.5, 0.6) is 0 Å². The molecule has 0 spiro atoms. The van der Waals surface area contributed by atoms with E-state index in [0.29, 0.717) is 73.9 Å². The Morgan fingerprint density at radius 3 is 1.79 bits per heavy atom. The van der Waals surface area contributed by atoms with Gasteiger partial charge in [-0.3, -0.25) is 28.9 Å². The second-order valence-electron chi connectivity index (χ2n) is 24.2. The maximum absolute atomic E-state index is 14.1. The van der Waals surface area contributed by atoms with E-state index in [1.165, 1.54) is 0 Å². The molecule has 0 unspecified atom stereocenters. The second-order valence-corrected chi connectivity index (χ2v) is 25.1. The summed E-state index contributed by atoms with van der Waals surface area (Å²) >= 11 is 3.48. The number of alkyl carbamates (subject to hydrolysis) is 1. The Hall–Kier alpha value is -9.43. The quantitative estimate of drug-likeness (QED) is 0.0293. The van der Waals surface area contributed by atoms with Crippen LogP contribution in [0, 0.1) is 23.7 Å². The van der Waals surface area contributed by atoms with Crippen molar-refractivity contribution in [3.05, 3.63) is 142 Å². The molecule has 2 atom stereocenters. The van der Waals surface area contributed by atoms with Gasteiger partial charge in [-0.1, -0.05) is 64.5 Å². The van der Waals surface area contributed by atoms with Gasteiger partial charge >= 0.3 is 12.2 Å². The number of ether oxygens (including phenoxy) is 1. The first kappa shape index (κ1) is 67.5. The number of rotatable bonds is 23. The van der Waals surface area contributed by atoms with E-state index in [2.05, 4.69) is 83.8 Å². The third kappa shape index (κ3) is 20.6. The molecule has 0 saturated heterocycles. The predicted molar refractivity (Wildman–Crippen MR) is 346 cm³/mol. The van der Waals surface area contributed by atoms with Crippen LogP contribution in [-0.2, 0) is 36.8 Å². The van der Waals surface area contributed by atoms with Crippen molar-refractivity contribution in [3.63, 3.8) is 0 Å². The maximum atomic E-state index is 14.1. The molecule has 7 amide bonds. The Bertz CT molecular complexity index is 3550. The third-order valence-electron chi connectivity index (χ3n) is 15.9. The molecule has 26 heteroatoms. The minimum absolute atomic E-state index is 0.142. The molecular weight excluding hydrogens is 1230 g/mol. The molecule has 91 heavy (non-hydrogen) atoms. The van der Waals surface area contributed by atoms with Crippen molar-refractivity contribution in [2.24, 2.45) is 29.4 Å². The Balaban J connectivity index is 0.000000239. The number of tetrazole rings is 2. The topological polar surface area (TPSA) is 351 Å². The number of aromatic nitrogens is 8. The monoisotopic (exact) mass is 1310 g/mol. The van der Waals surface area contributed by atoms with Crippen LogP contribution in [0.1, 0.15) is 93.6 Å². The average molecular weight is 1310 g/mol. The number of anilines is 2. The van der Waals surface area contributed by atoms with Gasteiger partial charge in [-0.05, 0) is 214 Å². The molecule has 0 radical (unpaired) electrons. The second kappa shape index (κ2) is 32.4. The molecule has 0 aliphatic heterocycles. The molecule has 2 fully saturated rings. The summed E-state index contributed by atoms with van der Waals surface area (Å²) in [5, 5.41) is 50.8. The number of nitrogens with two attached hydrogens (primary N) is 1. The lowest BCUT2D eigenvalue weighted by atomic mass is 9.81. The molecule has 2 saturated carbocycles. The van der Waals surface area contributed by atoms with Gasteiger partial charge in [0.1, 0.15) is 17.7 Å². The van der Waals surface area contributed by atoms with Crippen LogP contribution in [0.4, 0.5) is 21.0 Å². The van der Waals surface area contributed by atoms with E-state index in [4.69, 9.17) is 15.6 Å². The lowest BCUT2D eigenvalue weighted by Crippen LogP contribution is -2.52. The Morgan fingerprint density at radius 1 is 0.670 bits per heavy atom. The number of carbonyl (C=O) groups is 7. The van der Waals surface area contributed by atoms with Crippen LogP contribution in [0.25, 0.3) is 33.9 Å². The minimum atomic E-state index is -1.05. The molecule has 9 rings (SSSR count). The first-order chi connectivity index (χ1) is 43.6. The van der Waals surface area contributed by atoms with E-state index in [1.54, 1.807) is 59.5 Å². The van der Waals surface area contributed by atoms with Gasteiger partial charge in [0.15, 0.2) is 11.6 Å². The molecule has 2 aliphatic carbocycles. The third-order valence-corrected chi connectivity index (χ3v) is 16.4. The summed E-state index contributed by atoms with van der Waals surface area (Å²) in [7, 11) is 3.90. The van der Waals surface area contributed by atoms with Crippen molar-refractivity contribution < 1.29 is 43.4 Å². The zero-order chi connectivity index (χ0) is 65.0. The van der Waals surface area contributed by atoms with Gasteiger partial charge < -0.3 is 47.1 Å². The average Bonchev–Trinajstić information content (AvgIpc) is 1.26. The van der Waals surface area contributed by atoms with Crippen molar-refractivity contribution in [3.8, 4) is 33.9 Å². The molecule has 5 aromatic carbocycles. The summed E-state index contributed by atoms with van der Waals surface area (Å²) in [6.07, 6.45) is 4.48. The van der Waals surface area contributed by atoms with Gasteiger partial charge in [-0.2, -0.15) is 0 Å². The summed E-state index contributed by atoms with van der Waals surface area (Å²) < 4.78 is 6.21. The molecule has 2 aliphatic rings. The first-order valence-electron chi connectivity index (χ1n) is 30.4. The summed E-state index contributed by atoms with van der Waals surface area (Å²) in [6, 6.07) is 35.2. The predicted octanol–water partition coefficient (Wildman–Crippen LogP) is 7.96. The highest BCUT2D eigenvalue weighted by Crippen LogP contribution is 2.34. The Kier molecular flexibility index (Phi) is 24.0. The number of amides is 7. The lowest BCUT2D eigenvalue weighted by molar-refractivity contribution is -0.130. The number of H-pyrrole nitrogens is 2. The van der Waals surface area contributed by atoms with Crippen LogP contribution in [-0.4, -0.2) is 151 Å². The number of likely N-dealkylation sites (N-methyl/N-ethyl adjacent to an activating group) is 1. The molecule has 2 heterocycles. The van der Waals surface area contributed by atoms with Crippen molar-refractivity contribution in [2.75, 3.05) is 50.5 Å². The van der Waals surface area contributed by atoms with E-state index in [-0.39, 0.29) is 60.1 Å². The molecule has 0 bridgehead atoms. The SMILES string of the molecule is CC(C)(C)OC(=O)NC[C@H]1CC[C@H](C(=O)N(c2ccc(-c3nnn[nH]3)cc2)[C@@H](Cc2cccc(Br)c2)C(N)=O)CC1.CN(C)CCNC(=O)c1cccc(-c2cccc(C[C@H](NC(=O)[C@H]3CC[C@H](CNC(=O)O)CC3)C(=O)Nc3ccc(-c4nnn[nH]4)cc3)c2)c1. The maximum Gasteiger partial charge on any atom is 0.407 e. The van der Waals surface area contributed by atoms with E-state index in [0.717, 1.165) is 70.1 Å². The lowest BCUT2D eigenvalue weighted by Gasteiger charge is -2.36. The normalized spacial score (nSPS) is 17.0. The van der Waals surface area contributed by atoms with Crippen LogP contribution >= 0.6 is 15.9 Å². The highest BCUT2D eigenvalue weighted by molar-refractivity contribution is 9.10. The van der Waals surface area contributed by atoms with Crippen molar-refractivity contribution in [2.45, 2.75) is 103 Å². The molecular formula is C65H79BrN16O9. The van der Waals surface area contributed by atoms with E-state index in [1.807, 2.05) is 106 Å². The molecule has 2 aromatic heterocycles. The summed E-state index contributed by atoms with van der Waals surface area (Å²) in [5.74, 6) is -0.602. The smallest absolute Gasteiger partial charge is 0.407 e. The van der Waals surface area contributed by atoms with Crippen molar-refractivity contribution in [1.82, 2.24) is 67.4 Å². The molecule has 25 nitrogen and oxygen atoms in total. The van der Waals surface area contributed by atoms with Crippen LogP contribution in [0.3, 0.4) is 0 Å². The van der Waals surface area contributed by atoms with Gasteiger partial charge in [-0.15, -0.1) is 10.2 Å². The highest BCUT2D eigenvalue weighted by Gasteiger charge is 2.37. The van der Waals surface area contributed by atoms with Crippen LogP contribution < -0.4 is 37.2 Å². The number of hydrogen-bond donors (Lipinski definition) is 9. The minimum Gasteiger partial charge on any atom is -0.465 e. The standard InChI is InChI=1S/C36H43N9O5.C29H36BrN7O4/c1-45(2)18-17-37-33(46)29-8-4-7-28(21-29)27-6-3-5-24(19-27)20-31(40-34(47)26-11-9-23(10-12-26)22-38-36(49)50)35(48)39-30-15-13-25(14-16-30)32-41-43-44-42-32;1-29(2,3)41-28(40)32-17-18-7-9-21(10-8-18)27(39)37(23-13-11-20(12-14-23)26-33-35-36-34-26)24(25(31)38)16-19-5-4-6-22(30)15-19/h3-8,13-16,19,21,23,26,31,38H,9-12,17-18,20,22H2,1-2H3,(H,37,46)(H,39,48)(H,40,47)(H,49,50)(H,41,42,43,44);4-6,11-15,18,21,24H,7-10,16-17H2,1-3H3,(H2,31,38)(H,32,40)(H,33,34,35,36)/t23-,26-,31-;18-,21-,24-/m00/s1. The van der Waals surface area contributed by atoms with E-state index >= 15 is 0 Å². The molecule has 7 aromatic rings. The zero-order valence-electron chi connectivity index (χ0n) is 51.7. The summed E-state index contributed by atoms with van der Waals surface area (Å²) in [6.45, 7) is 7.59. The van der Waals surface area contributed by atoms with Crippen molar-refractivity contribution >= 4 is 69.0 Å². The Morgan fingerprint density at radius 2 is 1.23 bits per heavy atom. The van der Waals surface area contributed by atoms with Gasteiger partial charge in [0, 0.05) is 83.4 Å². The summed E-state index contributed by atoms with van der Waals surface area (Å²) in [5.41, 5.74) is 12.0. The van der Waals surface area contributed by atoms with Gasteiger partial charge in [-0.25, -0.2) is 19.8 Å². The number of nitrogens with one attached hydrogen (secondary N) is 7. The number of benzene rings is 5. The number of carboxylic acid groups (broad SMARTS) is 1. The first-order valence-corrected chi connectivity index (χ1v) is 31.2. The largest absolute Gasteiger partial charge is 0.465 e. The number of carbonyl (C=O) groups excluding carboxylic acids is 6. The van der Waals surface area contributed by atoms with Gasteiger partial charge in [0.05, 0.1) is 0 Å². The molecule has 10 N–H and O–H groups in total. The van der Waals surface area contributed by atoms with E-state index in [9.17, 15) is 33.6 Å².